The Morgan fingerprint density at radius 1 is 1.06 bits per heavy atom. The van der Waals surface area contributed by atoms with E-state index in [4.69, 9.17) is 17.0 Å². The van der Waals surface area contributed by atoms with Crippen molar-refractivity contribution >= 4 is 39.1 Å². The van der Waals surface area contributed by atoms with Crippen molar-refractivity contribution < 1.29 is 9.84 Å². The molecule has 1 fully saturated rings. The van der Waals surface area contributed by atoms with E-state index in [-0.39, 0.29) is 12.1 Å². The number of methoxy groups -OCH3 is 1. The van der Waals surface area contributed by atoms with Crippen LogP contribution in [-0.4, -0.2) is 26.3 Å². The first-order valence-electron chi connectivity index (χ1n) is 11.6. The number of ether oxygens (including phenoxy) is 1. The third-order valence-electron chi connectivity index (χ3n) is 7.34. The molecule has 5 nitrogen and oxygen atoms in total. The molecule has 2 aliphatic rings. The van der Waals surface area contributed by atoms with Crippen LogP contribution in [0, 0.1) is 4.77 Å². The predicted molar refractivity (Wildman–Crippen MR) is 136 cm³/mol. The number of benzene rings is 2. The molecule has 1 atom stereocenters. The number of aromatic amines is 1. The Morgan fingerprint density at radius 3 is 2.55 bits per heavy atom. The highest BCUT2D eigenvalue weighted by Gasteiger charge is 2.35. The van der Waals surface area contributed by atoms with Crippen LogP contribution in [0.25, 0.3) is 10.9 Å². The summed E-state index contributed by atoms with van der Waals surface area (Å²) < 4.78 is 11.4. The van der Waals surface area contributed by atoms with Gasteiger partial charge in [-0.3, -0.25) is 4.57 Å². The van der Waals surface area contributed by atoms with Gasteiger partial charge in [0.05, 0.1) is 12.8 Å². The standard InChI is InChI=1S/C26H26BrN3O2S/c1-32-18-10-7-15(8-11-18)24-23-20(19-13-16(27)9-12-21(19)28-23)14-22-25(31)29(26(33)30(22)24)17-5-3-2-4-6-17/h7-13,17,24,28,31H,2-6,14H2,1H3. The van der Waals surface area contributed by atoms with Crippen LogP contribution in [-0.2, 0) is 6.42 Å². The molecule has 1 saturated carbocycles. The van der Waals surface area contributed by atoms with Gasteiger partial charge in [0.1, 0.15) is 11.8 Å². The van der Waals surface area contributed by atoms with Crippen molar-refractivity contribution in [2.75, 3.05) is 7.11 Å². The molecule has 3 heterocycles. The number of hydrogen-bond donors (Lipinski definition) is 2. The van der Waals surface area contributed by atoms with Crippen molar-refractivity contribution in [2.24, 2.45) is 0 Å². The molecule has 1 unspecified atom stereocenters. The quantitative estimate of drug-likeness (QED) is 0.249. The van der Waals surface area contributed by atoms with Gasteiger partial charge in [0, 0.05) is 33.5 Å². The van der Waals surface area contributed by atoms with Gasteiger partial charge in [0.15, 0.2) is 4.77 Å². The molecule has 4 aromatic rings. The van der Waals surface area contributed by atoms with Crippen LogP contribution < -0.4 is 4.74 Å². The second-order valence-electron chi connectivity index (χ2n) is 9.14. The fraction of sp³-hybridized carbons (Fsp3) is 0.346. The maximum Gasteiger partial charge on any atom is 0.214 e. The zero-order valence-electron chi connectivity index (χ0n) is 18.5. The number of aromatic hydroxyl groups is 1. The van der Waals surface area contributed by atoms with E-state index in [1.807, 2.05) is 16.7 Å². The minimum atomic E-state index is -0.135. The Hall–Kier alpha value is -2.51. The van der Waals surface area contributed by atoms with Gasteiger partial charge >= 0.3 is 0 Å². The molecule has 2 aromatic carbocycles. The van der Waals surface area contributed by atoms with E-state index in [1.165, 1.54) is 30.2 Å². The first-order valence-corrected chi connectivity index (χ1v) is 12.8. The van der Waals surface area contributed by atoms with Crippen molar-refractivity contribution in [2.45, 2.75) is 50.6 Å². The van der Waals surface area contributed by atoms with Crippen LogP contribution in [0.5, 0.6) is 11.6 Å². The smallest absolute Gasteiger partial charge is 0.214 e. The molecular weight excluding hydrogens is 498 g/mol. The third kappa shape index (κ3) is 3.28. The van der Waals surface area contributed by atoms with Gasteiger partial charge in [-0.2, -0.15) is 0 Å². The van der Waals surface area contributed by atoms with Crippen molar-refractivity contribution in [3.8, 4) is 11.6 Å². The van der Waals surface area contributed by atoms with Crippen LogP contribution in [0.15, 0.2) is 46.9 Å². The summed E-state index contributed by atoms with van der Waals surface area (Å²) in [5, 5.41) is 12.7. The fourth-order valence-electron chi connectivity index (χ4n) is 5.73. The highest BCUT2D eigenvalue weighted by Crippen LogP contribution is 2.45. The lowest BCUT2D eigenvalue weighted by Crippen LogP contribution is -2.22. The molecule has 0 radical (unpaired) electrons. The summed E-state index contributed by atoms with van der Waals surface area (Å²) in [6.07, 6.45) is 6.42. The number of imidazole rings is 1. The molecule has 2 N–H and O–H groups in total. The van der Waals surface area contributed by atoms with Crippen LogP contribution in [0.3, 0.4) is 0 Å². The Kier molecular flexibility index (Phi) is 5.14. The Bertz CT molecular complexity index is 1410. The van der Waals surface area contributed by atoms with E-state index in [0.29, 0.717) is 17.1 Å². The Balaban J connectivity index is 1.60. The minimum absolute atomic E-state index is 0.135. The van der Waals surface area contributed by atoms with Crippen LogP contribution >= 0.6 is 28.1 Å². The summed E-state index contributed by atoms with van der Waals surface area (Å²) in [4.78, 5) is 3.69. The molecule has 1 aliphatic carbocycles. The van der Waals surface area contributed by atoms with E-state index in [0.717, 1.165) is 45.5 Å². The monoisotopic (exact) mass is 523 g/mol. The number of hydrogen-bond acceptors (Lipinski definition) is 3. The number of nitrogens with one attached hydrogen (secondary N) is 1. The van der Waals surface area contributed by atoms with E-state index < -0.39 is 0 Å². The number of aromatic nitrogens is 3. The number of nitrogens with zero attached hydrogens (tertiary/aromatic N) is 2. The molecule has 0 spiro atoms. The third-order valence-corrected chi connectivity index (χ3v) is 8.22. The van der Waals surface area contributed by atoms with Crippen LogP contribution in [0.2, 0.25) is 0 Å². The number of fused-ring (bicyclic) bond motifs is 4. The SMILES string of the molecule is COc1ccc(C2c3[nH]c4ccc(Br)cc4c3Cc3c(O)n(C4CCCCC4)c(=S)n32)cc1. The predicted octanol–water partition coefficient (Wildman–Crippen LogP) is 7.02. The largest absolute Gasteiger partial charge is 0.497 e. The van der Waals surface area contributed by atoms with Crippen LogP contribution in [0.4, 0.5) is 0 Å². The summed E-state index contributed by atoms with van der Waals surface area (Å²) >= 11 is 9.69. The molecule has 0 bridgehead atoms. The van der Waals surface area contributed by atoms with Gasteiger partial charge < -0.3 is 19.4 Å². The lowest BCUT2D eigenvalue weighted by molar-refractivity contribution is 0.309. The van der Waals surface area contributed by atoms with Gasteiger partial charge in [-0.25, -0.2) is 0 Å². The normalized spacial score (nSPS) is 18.3. The molecule has 2 aromatic heterocycles. The molecule has 170 valence electrons. The van der Waals surface area contributed by atoms with Crippen molar-refractivity contribution in [3.05, 3.63) is 74.2 Å². The number of H-pyrrole nitrogens is 1. The zero-order chi connectivity index (χ0) is 22.7. The van der Waals surface area contributed by atoms with Gasteiger partial charge in [-0.1, -0.05) is 47.3 Å². The topological polar surface area (TPSA) is 55.1 Å². The van der Waals surface area contributed by atoms with Gasteiger partial charge in [-0.05, 0) is 66.5 Å². The summed E-state index contributed by atoms with van der Waals surface area (Å²) in [7, 11) is 1.68. The first kappa shape index (κ1) is 21.1. The minimum Gasteiger partial charge on any atom is -0.497 e. The Morgan fingerprint density at radius 2 is 1.82 bits per heavy atom. The first-order chi connectivity index (χ1) is 16.1. The molecule has 0 saturated heterocycles. The molecule has 1 aliphatic heterocycles. The second-order valence-corrected chi connectivity index (χ2v) is 10.4. The van der Waals surface area contributed by atoms with E-state index in [2.05, 4.69) is 55.8 Å². The lowest BCUT2D eigenvalue weighted by Gasteiger charge is -2.27. The maximum absolute atomic E-state index is 11.5. The van der Waals surface area contributed by atoms with E-state index in [1.54, 1.807) is 7.11 Å². The molecule has 0 amide bonds. The average Bonchev–Trinajstić information content (AvgIpc) is 3.32. The maximum atomic E-state index is 11.5. The molecular formula is C26H26BrN3O2S. The molecule has 33 heavy (non-hydrogen) atoms. The van der Waals surface area contributed by atoms with Gasteiger partial charge in [0.2, 0.25) is 5.88 Å². The van der Waals surface area contributed by atoms with Gasteiger partial charge in [0.25, 0.3) is 0 Å². The van der Waals surface area contributed by atoms with Crippen molar-refractivity contribution in [1.82, 2.24) is 14.1 Å². The summed E-state index contributed by atoms with van der Waals surface area (Å²) in [5.74, 6) is 1.15. The molecule has 7 heteroatoms. The second kappa shape index (κ2) is 8.06. The average molecular weight is 524 g/mol. The summed E-state index contributed by atoms with van der Waals surface area (Å²) in [6, 6.07) is 14.6. The Labute approximate surface area is 206 Å². The zero-order valence-corrected chi connectivity index (χ0v) is 20.9. The van der Waals surface area contributed by atoms with Crippen molar-refractivity contribution in [1.29, 1.82) is 0 Å². The van der Waals surface area contributed by atoms with Crippen molar-refractivity contribution in [3.63, 3.8) is 0 Å². The molecule has 6 rings (SSSR count). The highest BCUT2D eigenvalue weighted by atomic mass is 79.9. The van der Waals surface area contributed by atoms with E-state index in [9.17, 15) is 5.11 Å². The lowest BCUT2D eigenvalue weighted by atomic mass is 9.93. The van der Waals surface area contributed by atoms with Crippen LogP contribution in [0.1, 0.15) is 66.7 Å². The summed E-state index contributed by atoms with van der Waals surface area (Å²) in [6.45, 7) is 0. The van der Waals surface area contributed by atoms with Gasteiger partial charge in [-0.15, -0.1) is 0 Å². The number of rotatable bonds is 3. The fourth-order valence-corrected chi connectivity index (χ4v) is 6.54. The number of halogens is 1. The highest BCUT2D eigenvalue weighted by molar-refractivity contribution is 9.10. The van der Waals surface area contributed by atoms with E-state index >= 15 is 0 Å². The summed E-state index contributed by atoms with van der Waals surface area (Å²) in [5.41, 5.74) is 5.47.